The molecule has 0 aliphatic carbocycles. The Morgan fingerprint density at radius 1 is 1.39 bits per heavy atom. The Morgan fingerprint density at radius 3 is 2.71 bits per heavy atom. The SMILES string of the molecule is CCN(C)C(=O)CCSC[C@@H]1C[C@H](SC2=C(C(=O)O)N3C(=O)[C@H]([C@@H](C)O)C3[C@H]2C)CN1. The fourth-order valence-electron chi connectivity index (χ4n) is 4.61. The number of aliphatic carboxylic acids is 1. The molecule has 3 N–H and O–H groups in total. The minimum absolute atomic E-state index is 0.0941. The van der Waals surface area contributed by atoms with E-state index in [0.717, 1.165) is 35.9 Å². The van der Waals surface area contributed by atoms with Crippen molar-refractivity contribution in [2.45, 2.75) is 57.1 Å². The van der Waals surface area contributed by atoms with E-state index in [9.17, 15) is 24.6 Å². The largest absolute Gasteiger partial charge is 0.477 e. The molecule has 0 saturated carbocycles. The molecular weight excluding hydrogens is 438 g/mol. The number of carboxylic acids is 1. The molecule has 3 heterocycles. The number of aliphatic hydroxyl groups excluding tert-OH is 1. The summed E-state index contributed by atoms with van der Waals surface area (Å²) >= 11 is 3.33. The second kappa shape index (κ2) is 10.1. The van der Waals surface area contributed by atoms with Gasteiger partial charge in [-0.3, -0.25) is 9.59 Å². The predicted octanol–water partition coefficient (Wildman–Crippen LogP) is 1.21. The highest BCUT2D eigenvalue weighted by Crippen LogP contribution is 2.51. The zero-order chi connectivity index (χ0) is 22.9. The Kier molecular flexibility index (Phi) is 7.99. The van der Waals surface area contributed by atoms with Gasteiger partial charge in [0, 0.05) is 60.2 Å². The van der Waals surface area contributed by atoms with Crippen molar-refractivity contribution >= 4 is 41.3 Å². The lowest BCUT2D eigenvalue weighted by atomic mass is 9.79. The van der Waals surface area contributed by atoms with Crippen LogP contribution < -0.4 is 5.32 Å². The third kappa shape index (κ3) is 4.91. The molecule has 31 heavy (non-hydrogen) atoms. The molecule has 0 radical (unpaired) electrons. The zero-order valence-corrected chi connectivity index (χ0v) is 20.2. The summed E-state index contributed by atoms with van der Waals surface area (Å²) in [4.78, 5) is 40.1. The van der Waals surface area contributed by atoms with Crippen LogP contribution >= 0.6 is 23.5 Å². The highest BCUT2D eigenvalue weighted by Gasteiger charge is 2.60. The molecule has 0 bridgehead atoms. The average molecular weight is 472 g/mol. The predicted molar refractivity (Wildman–Crippen MR) is 123 cm³/mol. The number of carboxylic acid groups (broad SMARTS) is 1. The van der Waals surface area contributed by atoms with Crippen LogP contribution in [0.4, 0.5) is 0 Å². The van der Waals surface area contributed by atoms with E-state index in [0.29, 0.717) is 12.5 Å². The molecule has 0 spiro atoms. The Balaban J connectivity index is 1.53. The van der Waals surface area contributed by atoms with Crippen molar-refractivity contribution in [2.24, 2.45) is 11.8 Å². The lowest BCUT2D eigenvalue weighted by Crippen LogP contribution is -2.63. The maximum atomic E-state index is 12.5. The van der Waals surface area contributed by atoms with Gasteiger partial charge < -0.3 is 25.3 Å². The zero-order valence-electron chi connectivity index (χ0n) is 18.5. The Labute approximate surface area is 192 Å². The van der Waals surface area contributed by atoms with E-state index in [-0.39, 0.29) is 34.7 Å². The minimum Gasteiger partial charge on any atom is -0.477 e. The first-order valence-corrected chi connectivity index (χ1v) is 12.9. The van der Waals surface area contributed by atoms with Gasteiger partial charge in [0.05, 0.1) is 18.1 Å². The van der Waals surface area contributed by atoms with Crippen molar-refractivity contribution in [1.29, 1.82) is 0 Å². The monoisotopic (exact) mass is 471 g/mol. The Bertz CT molecular complexity index is 759. The second-order valence-corrected chi connectivity index (χ2v) is 11.1. The number of hydrogen-bond donors (Lipinski definition) is 3. The first kappa shape index (κ1) is 24.4. The summed E-state index contributed by atoms with van der Waals surface area (Å²) in [5.41, 5.74) is 0.0979. The van der Waals surface area contributed by atoms with Gasteiger partial charge in [-0.15, -0.1) is 11.8 Å². The third-order valence-electron chi connectivity index (χ3n) is 6.47. The van der Waals surface area contributed by atoms with Gasteiger partial charge in [-0.25, -0.2) is 4.79 Å². The minimum atomic E-state index is -1.07. The van der Waals surface area contributed by atoms with Crippen LogP contribution in [0.5, 0.6) is 0 Å². The van der Waals surface area contributed by atoms with Crippen molar-refractivity contribution in [2.75, 3.05) is 31.6 Å². The summed E-state index contributed by atoms with van der Waals surface area (Å²) in [6, 6.07) is 0.0663. The van der Waals surface area contributed by atoms with E-state index in [1.807, 2.05) is 20.9 Å². The molecule has 0 aromatic heterocycles. The quantitative estimate of drug-likeness (QED) is 0.322. The van der Waals surface area contributed by atoms with Crippen LogP contribution in [0, 0.1) is 11.8 Å². The van der Waals surface area contributed by atoms with E-state index >= 15 is 0 Å². The summed E-state index contributed by atoms with van der Waals surface area (Å²) in [6.45, 7) is 7.02. The molecule has 10 heteroatoms. The molecule has 2 fully saturated rings. The number of β-lactam (4-membered cyclic amide) rings is 1. The smallest absolute Gasteiger partial charge is 0.353 e. The molecule has 2 saturated heterocycles. The number of fused-ring (bicyclic) bond motifs is 1. The maximum absolute atomic E-state index is 12.5. The maximum Gasteiger partial charge on any atom is 0.353 e. The van der Waals surface area contributed by atoms with Gasteiger partial charge >= 0.3 is 5.97 Å². The van der Waals surface area contributed by atoms with Gasteiger partial charge in [0.1, 0.15) is 5.70 Å². The molecule has 2 amide bonds. The van der Waals surface area contributed by atoms with Gasteiger partial charge in [0.25, 0.3) is 0 Å². The van der Waals surface area contributed by atoms with Crippen molar-refractivity contribution in [3.05, 3.63) is 10.6 Å². The molecule has 174 valence electrons. The lowest BCUT2D eigenvalue weighted by Gasteiger charge is -2.46. The van der Waals surface area contributed by atoms with Gasteiger partial charge in [-0.05, 0) is 20.3 Å². The Hall–Kier alpha value is -1.23. The summed E-state index contributed by atoms with van der Waals surface area (Å²) in [5.74, 6) is -0.106. The van der Waals surface area contributed by atoms with Crippen molar-refractivity contribution in [3.63, 3.8) is 0 Å². The Morgan fingerprint density at radius 2 is 2.10 bits per heavy atom. The third-order valence-corrected chi connectivity index (χ3v) is 9.11. The van der Waals surface area contributed by atoms with Crippen molar-refractivity contribution in [1.82, 2.24) is 15.1 Å². The van der Waals surface area contributed by atoms with E-state index in [2.05, 4.69) is 5.32 Å². The molecular formula is C21H33N3O5S2. The molecule has 3 rings (SSSR count). The van der Waals surface area contributed by atoms with Gasteiger partial charge in [-0.2, -0.15) is 11.8 Å². The summed E-state index contributed by atoms with van der Waals surface area (Å²) in [7, 11) is 1.82. The number of nitrogens with one attached hydrogen (secondary N) is 1. The summed E-state index contributed by atoms with van der Waals surface area (Å²) in [5, 5.41) is 23.5. The van der Waals surface area contributed by atoms with Crippen LogP contribution in [0.15, 0.2) is 10.6 Å². The molecule has 0 aromatic carbocycles. The van der Waals surface area contributed by atoms with Crippen LogP contribution in [0.25, 0.3) is 0 Å². The standard InChI is InChI=1S/C21H33N3O5S2/c1-5-23(4)15(26)6-7-30-10-13-8-14(9-22-13)31-19-11(2)17-16(12(3)25)20(27)24(17)18(19)21(28)29/h11-14,16-17,22,25H,5-10H2,1-4H3,(H,28,29)/t11-,12-,13+,14+,16-,17?/m1/s1. The number of rotatable bonds is 10. The van der Waals surface area contributed by atoms with Crippen LogP contribution in [0.2, 0.25) is 0 Å². The van der Waals surface area contributed by atoms with Gasteiger partial charge in [0.15, 0.2) is 0 Å². The molecule has 0 aromatic rings. The number of thioether (sulfide) groups is 2. The molecule has 3 aliphatic rings. The van der Waals surface area contributed by atoms with Crippen molar-refractivity contribution < 1.29 is 24.6 Å². The van der Waals surface area contributed by atoms with Crippen LogP contribution in [-0.2, 0) is 14.4 Å². The van der Waals surface area contributed by atoms with E-state index in [1.165, 1.54) is 4.90 Å². The first-order valence-electron chi connectivity index (χ1n) is 10.9. The lowest BCUT2D eigenvalue weighted by molar-refractivity contribution is -0.163. The normalized spacial score (nSPS) is 30.9. The highest BCUT2D eigenvalue weighted by molar-refractivity contribution is 8.03. The number of hydrogen-bond acceptors (Lipinski definition) is 7. The summed E-state index contributed by atoms with van der Waals surface area (Å²) in [6.07, 6.45) is 0.679. The number of nitrogens with zero attached hydrogens (tertiary/aromatic N) is 2. The number of amides is 2. The molecule has 8 nitrogen and oxygen atoms in total. The number of carbonyl (C=O) groups is 3. The first-order chi connectivity index (χ1) is 14.7. The van der Waals surface area contributed by atoms with Crippen LogP contribution in [0.3, 0.4) is 0 Å². The molecule has 1 unspecified atom stereocenters. The summed E-state index contributed by atoms with van der Waals surface area (Å²) < 4.78 is 0. The van der Waals surface area contributed by atoms with Crippen LogP contribution in [-0.4, -0.2) is 92.9 Å². The van der Waals surface area contributed by atoms with E-state index in [4.69, 9.17) is 0 Å². The molecule has 6 atom stereocenters. The van der Waals surface area contributed by atoms with E-state index in [1.54, 1.807) is 35.3 Å². The van der Waals surface area contributed by atoms with Crippen molar-refractivity contribution in [3.8, 4) is 0 Å². The van der Waals surface area contributed by atoms with Crippen LogP contribution in [0.1, 0.15) is 33.6 Å². The van der Waals surface area contributed by atoms with Gasteiger partial charge in [0.2, 0.25) is 11.8 Å². The highest BCUT2D eigenvalue weighted by atomic mass is 32.2. The molecule has 3 aliphatic heterocycles. The fourth-order valence-corrected chi connectivity index (χ4v) is 7.15. The van der Waals surface area contributed by atoms with Gasteiger partial charge in [-0.1, -0.05) is 6.92 Å². The number of carbonyl (C=O) groups excluding carboxylic acids is 2. The average Bonchev–Trinajstić information content (AvgIpc) is 3.25. The topological polar surface area (TPSA) is 110 Å². The fraction of sp³-hybridized carbons (Fsp3) is 0.762. The second-order valence-electron chi connectivity index (χ2n) is 8.59. The van der Waals surface area contributed by atoms with E-state index < -0.39 is 18.0 Å². The number of aliphatic hydroxyl groups is 1.